The Morgan fingerprint density at radius 1 is 1.18 bits per heavy atom. The predicted molar refractivity (Wildman–Crippen MR) is 66.3 cm³/mol. The van der Waals surface area contributed by atoms with Gasteiger partial charge in [0, 0.05) is 22.2 Å². The van der Waals surface area contributed by atoms with Crippen molar-refractivity contribution in [3.63, 3.8) is 0 Å². The van der Waals surface area contributed by atoms with Crippen LogP contribution in [0.15, 0.2) is 29.2 Å². The molecule has 1 rings (SSSR count). The summed E-state index contributed by atoms with van der Waals surface area (Å²) < 4.78 is 46.7. The highest BCUT2D eigenvalue weighted by Gasteiger charge is 2.15. The number of nitrogens with one attached hydrogen (secondary N) is 1. The number of rotatable bonds is 5. The van der Waals surface area contributed by atoms with Crippen LogP contribution in [0.4, 0.5) is 0 Å². The summed E-state index contributed by atoms with van der Waals surface area (Å²) in [5, 5.41) is 0.276. The smallest absolute Gasteiger partial charge is 0.212 e. The zero-order valence-electron chi connectivity index (χ0n) is 8.43. The van der Waals surface area contributed by atoms with Crippen LogP contribution in [0.5, 0.6) is 0 Å². The van der Waals surface area contributed by atoms with Gasteiger partial charge >= 0.3 is 0 Å². The van der Waals surface area contributed by atoms with E-state index in [4.69, 9.17) is 22.3 Å². The molecule has 0 unspecified atom stereocenters. The fourth-order valence-corrected chi connectivity index (χ4v) is 3.05. The van der Waals surface area contributed by atoms with Gasteiger partial charge in [-0.25, -0.2) is 21.6 Å². The molecular weight excluding hydrogens is 309 g/mol. The van der Waals surface area contributed by atoms with Crippen LogP contribution in [0.25, 0.3) is 0 Å². The van der Waals surface area contributed by atoms with Crippen LogP contribution in [-0.4, -0.2) is 29.1 Å². The van der Waals surface area contributed by atoms with E-state index in [0.29, 0.717) is 0 Å². The van der Waals surface area contributed by atoms with Crippen LogP contribution in [0.2, 0.25) is 5.02 Å². The maximum absolute atomic E-state index is 11.7. The number of halogens is 2. The van der Waals surface area contributed by atoms with Gasteiger partial charge in [-0.2, -0.15) is 0 Å². The van der Waals surface area contributed by atoms with Crippen LogP contribution in [-0.2, 0) is 19.1 Å². The molecule has 1 aromatic rings. The average molecular weight is 318 g/mol. The summed E-state index contributed by atoms with van der Waals surface area (Å²) in [7, 11) is -2.53. The number of benzene rings is 1. The van der Waals surface area contributed by atoms with Crippen molar-refractivity contribution in [1.29, 1.82) is 0 Å². The van der Waals surface area contributed by atoms with E-state index in [1.165, 1.54) is 24.3 Å². The summed E-state index contributed by atoms with van der Waals surface area (Å²) in [4.78, 5) is -0.0306. The Kier molecular flexibility index (Phi) is 4.79. The summed E-state index contributed by atoms with van der Waals surface area (Å²) in [6.07, 6.45) is 0. The molecule has 17 heavy (non-hydrogen) atoms. The number of hydrogen-bond donors (Lipinski definition) is 1. The lowest BCUT2D eigenvalue weighted by Crippen LogP contribution is -2.28. The lowest BCUT2D eigenvalue weighted by atomic mass is 10.4. The molecule has 9 heteroatoms. The van der Waals surface area contributed by atoms with Crippen molar-refractivity contribution in [2.45, 2.75) is 4.90 Å². The van der Waals surface area contributed by atoms with Gasteiger partial charge < -0.3 is 0 Å². The SMILES string of the molecule is O=S(=O)(Cl)CCNS(=O)(=O)c1cccc(Cl)c1. The van der Waals surface area contributed by atoms with Gasteiger partial charge in [-0.3, -0.25) is 0 Å². The van der Waals surface area contributed by atoms with Crippen LogP contribution in [0, 0.1) is 0 Å². The van der Waals surface area contributed by atoms with Crippen molar-refractivity contribution in [2.24, 2.45) is 0 Å². The fourth-order valence-electron chi connectivity index (χ4n) is 1.02. The first-order valence-electron chi connectivity index (χ1n) is 4.38. The number of sulfonamides is 1. The highest BCUT2D eigenvalue weighted by molar-refractivity contribution is 8.13. The molecule has 0 atom stereocenters. The van der Waals surface area contributed by atoms with E-state index < -0.39 is 24.8 Å². The third-order valence-electron chi connectivity index (χ3n) is 1.74. The first-order valence-corrected chi connectivity index (χ1v) is 8.72. The van der Waals surface area contributed by atoms with E-state index >= 15 is 0 Å². The van der Waals surface area contributed by atoms with Crippen LogP contribution in [0.3, 0.4) is 0 Å². The second-order valence-corrected chi connectivity index (χ2v) is 8.20. The minimum Gasteiger partial charge on any atom is -0.212 e. The average Bonchev–Trinajstić information content (AvgIpc) is 2.15. The Bertz CT molecular complexity index is 598. The molecule has 0 aromatic heterocycles. The van der Waals surface area contributed by atoms with Gasteiger partial charge in [-0.15, -0.1) is 0 Å². The Morgan fingerprint density at radius 2 is 1.82 bits per heavy atom. The zero-order valence-corrected chi connectivity index (χ0v) is 11.6. The van der Waals surface area contributed by atoms with E-state index in [-0.39, 0.29) is 16.5 Å². The number of hydrogen-bond acceptors (Lipinski definition) is 4. The Morgan fingerprint density at radius 3 is 2.35 bits per heavy atom. The van der Waals surface area contributed by atoms with E-state index in [9.17, 15) is 16.8 Å². The van der Waals surface area contributed by atoms with Gasteiger partial charge in [0.2, 0.25) is 19.1 Å². The first kappa shape index (κ1) is 14.7. The molecule has 0 aliphatic carbocycles. The van der Waals surface area contributed by atoms with Crippen molar-refractivity contribution < 1.29 is 16.8 Å². The van der Waals surface area contributed by atoms with Crippen molar-refractivity contribution in [2.75, 3.05) is 12.3 Å². The summed E-state index contributed by atoms with van der Waals surface area (Å²) in [6, 6.07) is 5.63. The normalized spacial score (nSPS) is 12.6. The van der Waals surface area contributed by atoms with E-state index in [1.807, 2.05) is 0 Å². The molecule has 0 saturated carbocycles. The molecule has 96 valence electrons. The van der Waals surface area contributed by atoms with E-state index in [1.54, 1.807) is 0 Å². The first-order chi connectivity index (χ1) is 7.71. The van der Waals surface area contributed by atoms with Crippen LogP contribution in [0.1, 0.15) is 0 Å². The fraction of sp³-hybridized carbons (Fsp3) is 0.250. The second kappa shape index (κ2) is 5.53. The van der Waals surface area contributed by atoms with Gasteiger partial charge in [0.1, 0.15) is 0 Å². The van der Waals surface area contributed by atoms with Crippen molar-refractivity contribution in [3.05, 3.63) is 29.3 Å². The van der Waals surface area contributed by atoms with Gasteiger partial charge in [-0.1, -0.05) is 17.7 Å². The minimum atomic E-state index is -3.76. The molecule has 0 radical (unpaired) electrons. The molecule has 0 amide bonds. The molecule has 1 aromatic carbocycles. The minimum absolute atomic E-state index is 0.0306. The molecule has 0 aliphatic rings. The van der Waals surface area contributed by atoms with E-state index in [0.717, 1.165) is 0 Å². The van der Waals surface area contributed by atoms with Crippen molar-refractivity contribution in [1.82, 2.24) is 4.72 Å². The van der Waals surface area contributed by atoms with Gasteiger partial charge in [0.05, 0.1) is 10.6 Å². The van der Waals surface area contributed by atoms with Crippen molar-refractivity contribution in [3.8, 4) is 0 Å². The quantitative estimate of drug-likeness (QED) is 0.827. The zero-order chi connectivity index (χ0) is 13.1. The standard InChI is InChI=1S/C8H9Cl2NO4S2/c9-7-2-1-3-8(6-7)17(14,15)11-4-5-16(10,12)13/h1-3,6,11H,4-5H2. The molecule has 0 heterocycles. The maximum Gasteiger partial charge on any atom is 0.240 e. The topological polar surface area (TPSA) is 80.3 Å². The van der Waals surface area contributed by atoms with Crippen LogP contribution >= 0.6 is 22.3 Å². The molecule has 1 N–H and O–H groups in total. The molecule has 0 aliphatic heterocycles. The molecule has 0 saturated heterocycles. The predicted octanol–water partition coefficient (Wildman–Crippen LogP) is 1.19. The second-order valence-electron chi connectivity index (χ2n) is 3.10. The molecule has 5 nitrogen and oxygen atoms in total. The Hall–Kier alpha value is -0.340. The molecule has 0 fully saturated rings. The Labute approximate surface area is 109 Å². The summed E-state index contributed by atoms with van der Waals surface area (Å²) in [6.45, 7) is -0.291. The van der Waals surface area contributed by atoms with E-state index in [2.05, 4.69) is 4.72 Å². The van der Waals surface area contributed by atoms with Gasteiger partial charge in [0.15, 0.2) is 0 Å². The highest BCUT2D eigenvalue weighted by Crippen LogP contribution is 2.14. The summed E-state index contributed by atoms with van der Waals surface area (Å²) in [5.74, 6) is -0.478. The summed E-state index contributed by atoms with van der Waals surface area (Å²) in [5.41, 5.74) is 0. The van der Waals surface area contributed by atoms with Crippen LogP contribution < -0.4 is 4.72 Å². The summed E-state index contributed by atoms with van der Waals surface area (Å²) >= 11 is 5.65. The highest BCUT2D eigenvalue weighted by atomic mass is 35.7. The molecule has 0 spiro atoms. The Balaban J connectivity index is 2.77. The molecular formula is C8H9Cl2NO4S2. The monoisotopic (exact) mass is 317 g/mol. The third kappa shape index (κ3) is 5.22. The molecule has 0 bridgehead atoms. The van der Waals surface area contributed by atoms with Gasteiger partial charge in [0.25, 0.3) is 0 Å². The van der Waals surface area contributed by atoms with Crippen molar-refractivity contribution >= 4 is 41.4 Å². The lowest BCUT2D eigenvalue weighted by molar-refractivity contribution is 0.582. The largest absolute Gasteiger partial charge is 0.240 e. The van der Waals surface area contributed by atoms with Gasteiger partial charge in [-0.05, 0) is 18.2 Å². The lowest BCUT2D eigenvalue weighted by Gasteiger charge is -2.05. The maximum atomic E-state index is 11.7. The third-order valence-corrected chi connectivity index (χ3v) is 4.59.